The average molecular weight is 284 g/mol. The molecule has 1 N–H and O–H groups in total. The van der Waals surface area contributed by atoms with Gasteiger partial charge in [-0.1, -0.05) is 0 Å². The van der Waals surface area contributed by atoms with Gasteiger partial charge in [-0.3, -0.25) is 0 Å². The molecule has 1 saturated heterocycles. The molecular weight excluding hydrogens is 267 g/mol. The molecule has 1 fully saturated rings. The van der Waals surface area contributed by atoms with Crippen LogP contribution in [0.1, 0.15) is 12.8 Å². The minimum atomic E-state index is -0.439. The smallest absolute Gasteiger partial charge is 0.0798 e. The van der Waals surface area contributed by atoms with Crippen molar-refractivity contribution in [2.45, 2.75) is 18.4 Å². The van der Waals surface area contributed by atoms with E-state index in [2.05, 4.69) is 30.9 Å². The van der Waals surface area contributed by atoms with Gasteiger partial charge in [-0.05, 0) is 26.9 Å². The molecule has 0 saturated carbocycles. The molecule has 0 aliphatic carbocycles. The average Bonchev–Trinajstić information content (AvgIpc) is 1.94. The molecule has 0 spiro atoms. The topological polar surface area (TPSA) is 26.7 Å². The maximum Gasteiger partial charge on any atom is 0.0798 e. The SMILES string of the molecule is CN(C)CC1(O)CCN(I)CC1. The molecule has 1 aliphatic heterocycles. The molecule has 0 aromatic rings. The second kappa shape index (κ2) is 4.21. The summed E-state index contributed by atoms with van der Waals surface area (Å²) in [6.07, 6.45) is 1.79. The molecule has 12 heavy (non-hydrogen) atoms. The summed E-state index contributed by atoms with van der Waals surface area (Å²) < 4.78 is 2.24. The molecule has 0 radical (unpaired) electrons. The largest absolute Gasteiger partial charge is 0.388 e. The predicted octanol–water partition coefficient (Wildman–Crippen LogP) is 0.725. The normalized spacial score (nSPS) is 24.8. The van der Waals surface area contributed by atoms with Crippen LogP contribution >= 0.6 is 22.9 Å². The zero-order valence-electron chi connectivity index (χ0n) is 7.76. The van der Waals surface area contributed by atoms with Crippen LogP contribution in [0.5, 0.6) is 0 Å². The monoisotopic (exact) mass is 284 g/mol. The number of hydrogen-bond donors (Lipinski definition) is 1. The van der Waals surface area contributed by atoms with Crippen LogP contribution in [0.3, 0.4) is 0 Å². The lowest BCUT2D eigenvalue weighted by atomic mass is 9.92. The van der Waals surface area contributed by atoms with Crippen molar-refractivity contribution in [1.29, 1.82) is 0 Å². The molecule has 4 heteroatoms. The Morgan fingerprint density at radius 2 is 1.92 bits per heavy atom. The van der Waals surface area contributed by atoms with Gasteiger partial charge in [0.15, 0.2) is 0 Å². The fraction of sp³-hybridized carbons (Fsp3) is 1.00. The van der Waals surface area contributed by atoms with E-state index >= 15 is 0 Å². The molecule has 0 amide bonds. The molecule has 1 heterocycles. The van der Waals surface area contributed by atoms with E-state index < -0.39 is 5.60 Å². The first-order valence-electron chi connectivity index (χ1n) is 4.30. The summed E-state index contributed by atoms with van der Waals surface area (Å²) in [6, 6.07) is 0. The lowest BCUT2D eigenvalue weighted by molar-refractivity contribution is -0.0198. The van der Waals surface area contributed by atoms with Crippen molar-refractivity contribution in [2.75, 3.05) is 33.7 Å². The highest BCUT2D eigenvalue weighted by Gasteiger charge is 2.31. The molecule has 0 aromatic carbocycles. The zero-order valence-corrected chi connectivity index (χ0v) is 9.91. The number of likely N-dealkylation sites (N-methyl/N-ethyl adjacent to an activating group) is 1. The highest BCUT2D eigenvalue weighted by molar-refractivity contribution is 14.1. The molecule has 0 unspecified atom stereocenters. The highest BCUT2D eigenvalue weighted by atomic mass is 127. The summed E-state index contributed by atoms with van der Waals surface area (Å²) in [5.41, 5.74) is -0.439. The van der Waals surface area contributed by atoms with Crippen molar-refractivity contribution in [3.63, 3.8) is 0 Å². The van der Waals surface area contributed by atoms with Gasteiger partial charge in [0.25, 0.3) is 0 Å². The predicted molar refractivity (Wildman–Crippen MR) is 58.3 cm³/mol. The summed E-state index contributed by atoms with van der Waals surface area (Å²) in [4.78, 5) is 2.06. The Kier molecular flexibility index (Phi) is 3.75. The maximum absolute atomic E-state index is 10.1. The number of nitrogens with zero attached hydrogens (tertiary/aromatic N) is 2. The molecule has 0 bridgehead atoms. The van der Waals surface area contributed by atoms with Gasteiger partial charge in [-0.15, -0.1) is 0 Å². The summed E-state index contributed by atoms with van der Waals surface area (Å²) in [7, 11) is 4.02. The number of aliphatic hydroxyl groups is 1. The van der Waals surface area contributed by atoms with E-state index in [0.717, 1.165) is 32.5 Å². The molecular formula is C8H17IN2O. The lowest BCUT2D eigenvalue weighted by Crippen LogP contribution is -2.47. The minimum absolute atomic E-state index is 0.439. The lowest BCUT2D eigenvalue weighted by Gasteiger charge is -2.37. The highest BCUT2D eigenvalue weighted by Crippen LogP contribution is 2.24. The molecule has 1 aliphatic rings. The third-order valence-electron chi connectivity index (χ3n) is 2.25. The van der Waals surface area contributed by atoms with E-state index in [-0.39, 0.29) is 0 Å². The Morgan fingerprint density at radius 1 is 1.42 bits per heavy atom. The molecule has 72 valence electrons. The van der Waals surface area contributed by atoms with Gasteiger partial charge in [-0.25, -0.2) is 3.11 Å². The van der Waals surface area contributed by atoms with E-state index in [1.807, 2.05) is 14.1 Å². The zero-order chi connectivity index (χ0) is 9.19. The van der Waals surface area contributed by atoms with Crippen LogP contribution in [0, 0.1) is 0 Å². The first-order valence-corrected chi connectivity index (χ1v) is 5.26. The number of hydrogen-bond acceptors (Lipinski definition) is 3. The molecule has 1 rings (SSSR count). The second-order valence-electron chi connectivity index (χ2n) is 3.87. The molecule has 3 nitrogen and oxygen atoms in total. The Hall–Kier alpha value is 0.610. The van der Waals surface area contributed by atoms with Crippen molar-refractivity contribution in [3.05, 3.63) is 0 Å². The Bertz CT molecular complexity index is 144. The van der Waals surface area contributed by atoms with Crippen molar-refractivity contribution < 1.29 is 5.11 Å². The van der Waals surface area contributed by atoms with Gasteiger partial charge in [0.2, 0.25) is 0 Å². The van der Waals surface area contributed by atoms with Gasteiger partial charge in [0, 0.05) is 42.5 Å². The van der Waals surface area contributed by atoms with Crippen LogP contribution in [-0.2, 0) is 0 Å². The van der Waals surface area contributed by atoms with Gasteiger partial charge < -0.3 is 10.0 Å². The second-order valence-corrected chi connectivity index (χ2v) is 5.24. The first-order chi connectivity index (χ1) is 5.52. The summed E-state index contributed by atoms with van der Waals surface area (Å²) >= 11 is 2.32. The van der Waals surface area contributed by atoms with Crippen molar-refractivity contribution in [2.24, 2.45) is 0 Å². The standard InChI is InChI=1S/C8H17IN2O/c1-10(2)7-8(12)3-5-11(9)6-4-8/h12H,3-7H2,1-2H3. The van der Waals surface area contributed by atoms with Crippen LogP contribution < -0.4 is 0 Å². The fourth-order valence-electron chi connectivity index (χ4n) is 1.64. The Labute approximate surface area is 88.2 Å². The number of rotatable bonds is 2. The van der Waals surface area contributed by atoms with Crippen LogP contribution in [-0.4, -0.2) is 52.5 Å². The fourth-order valence-corrected chi connectivity index (χ4v) is 2.12. The van der Waals surface area contributed by atoms with E-state index in [9.17, 15) is 5.11 Å². The van der Waals surface area contributed by atoms with Crippen LogP contribution in [0.15, 0.2) is 0 Å². The molecule has 0 aromatic heterocycles. The Balaban J connectivity index is 2.39. The van der Waals surface area contributed by atoms with E-state index in [0.29, 0.717) is 0 Å². The van der Waals surface area contributed by atoms with E-state index in [4.69, 9.17) is 0 Å². The Morgan fingerprint density at radius 3 is 2.33 bits per heavy atom. The van der Waals surface area contributed by atoms with E-state index in [1.54, 1.807) is 0 Å². The van der Waals surface area contributed by atoms with Gasteiger partial charge in [0.1, 0.15) is 0 Å². The summed E-state index contributed by atoms with van der Waals surface area (Å²) in [6.45, 7) is 2.80. The third kappa shape index (κ3) is 3.16. The van der Waals surface area contributed by atoms with Crippen molar-refractivity contribution in [3.8, 4) is 0 Å². The number of piperidine rings is 1. The van der Waals surface area contributed by atoms with Crippen LogP contribution in [0.25, 0.3) is 0 Å². The van der Waals surface area contributed by atoms with E-state index in [1.165, 1.54) is 0 Å². The molecule has 0 atom stereocenters. The van der Waals surface area contributed by atoms with Gasteiger partial charge in [-0.2, -0.15) is 0 Å². The van der Waals surface area contributed by atoms with Crippen molar-refractivity contribution >= 4 is 22.9 Å². The third-order valence-corrected chi connectivity index (χ3v) is 3.21. The summed E-state index contributed by atoms with van der Waals surface area (Å²) in [5, 5.41) is 10.1. The van der Waals surface area contributed by atoms with Crippen molar-refractivity contribution in [1.82, 2.24) is 8.01 Å². The minimum Gasteiger partial charge on any atom is -0.388 e. The quantitative estimate of drug-likeness (QED) is 0.598. The number of halogens is 1. The van der Waals surface area contributed by atoms with Gasteiger partial charge in [0.05, 0.1) is 5.60 Å². The van der Waals surface area contributed by atoms with Crippen LogP contribution in [0.2, 0.25) is 0 Å². The van der Waals surface area contributed by atoms with Crippen LogP contribution in [0.4, 0.5) is 0 Å². The van der Waals surface area contributed by atoms with Gasteiger partial charge >= 0.3 is 0 Å². The maximum atomic E-state index is 10.1. The summed E-state index contributed by atoms with van der Waals surface area (Å²) in [5.74, 6) is 0. The first kappa shape index (κ1) is 10.7.